The lowest BCUT2D eigenvalue weighted by Gasteiger charge is -2.15. The Balaban J connectivity index is 1.74. The molecule has 0 saturated carbocycles. The zero-order valence-electron chi connectivity index (χ0n) is 8.62. The van der Waals surface area contributed by atoms with E-state index in [9.17, 15) is 0 Å². The normalized spacial score (nSPS) is 23.9. The van der Waals surface area contributed by atoms with E-state index in [2.05, 4.69) is 23.3 Å². The molecule has 0 bridgehead atoms. The first-order valence-electron chi connectivity index (χ1n) is 5.34. The number of hydrogen-bond donors (Lipinski definition) is 2. The number of nitrogens with one attached hydrogen (secondary N) is 2. The SMILES string of the molecule is C[C@@H](OC[C@@H]1CCCN1)c1ccc[nH]1. The standard InChI is InChI=1S/C11H18N2O/c1-9(11-5-3-7-13-11)14-8-10-4-2-6-12-10/h3,5,7,9-10,12-13H,2,4,6,8H2,1H3/t9-,10+/m1/s1. The minimum absolute atomic E-state index is 0.174. The Bertz CT molecular complexity index is 252. The van der Waals surface area contributed by atoms with Crippen LogP contribution in [-0.4, -0.2) is 24.2 Å². The van der Waals surface area contributed by atoms with E-state index >= 15 is 0 Å². The van der Waals surface area contributed by atoms with E-state index in [1.807, 2.05) is 12.3 Å². The van der Waals surface area contributed by atoms with Gasteiger partial charge in [0.1, 0.15) is 0 Å². The number of aromatic amines is 1. The van der Waals surface area contributed by atoms with Crippen molar-refractivity contribution in [2.45, 2.75) is 31.9 Å². The molecule has 1 saturated heterocycles. The maximum absolute atomic E-state index is 5.78. The van der Waals surface area contributed by atoms with Crippen molar-refractivity contribution < 1.29 is 4.74 Å². The Kier molecular flexibility index (Phi) is 3.22. The van der Waals surface area contributed by atoms with Gasteiger partial charge in [0.25, 0.3) is 0 Å². The largest absolute Gasteiger partial charge is 0.371 e. The van der Waals surface area contributed by atoms with E-state index in [0.29, 0.717) is 6.04 Å². The molecule has 2 rings (SSSR count). The van der Waals surface area contributed by atoms with Gasteiger partial charge < -0.3 is 15.0 Å². The maximum Gasteiger partial charge on any atom is 0.0945 e. The fraction of sp³-hybridized carbons (Fsp3) is 0.636. The average molecular weight is 194 g/mol. The zero-order chi connectivity index (χ0) is 9.80. The molecular formula is C11H18N2O. The molecule has 0 spiro atoms. The molecule has 3 nitrogen and oxygen atoms in total. The Morgan fingerprint density at radius 3 is 3.21 bits per heavy atom. The molecular weight excluding hydrogens is 176 g/mol. The summed E-state index contributed by atoms with van der Waals surface area (Å²) in [4.78, 5) is 3.17. The lowest BCUT2D eigenvalue weighted by atomic mass is 10.2. The van der Waals surface area contributed by atoms with Crippen molar-refractivity contribution in [1.82, 2.24) is 10.3 Å². The number of ether oxygens (including phenoxy) is 1. The predicted molar refractivity (Wildman–Crippen MR) is 56.2 cm³/mol. The van der Waals surface area contributed by atoms with Crippen LogP contribution in [0.1, 0.15) is 31.6 Å². The summed E-state index contributed by atoms with van der Waals surface area (Å²) in [5.74, 6) is 0. The predicted octanol–water partition coefficient (Wildman–Crippen LogP) is 1.84. The molecule has 2 atom stereocenters. The summed E-state index contributed by atoms with van der Waals surface area (Å²) in [5, 5.41) is 3.42. The first-order chi connectivity index (χ1) is 6.86. The van der Waals surface area contributed by atoms with Crippen LogP contribution in [0.15, 0.2) is 18.3 Å². The van der Waals surface area contributed by atoms with Crippen LogP contribution in [0.5, 0.6) is 0 Å². The summed E-state index contributed by atoms with van der Waals surface area (Å²) >= 11 is 0. The average Bonchev–Trinajstić information content (AvgIpc) is 2.87. The Hall–Kier alpha value is -0.800. The van der Waals surface area contributed by atoms with Crippen molar-refractivity contribution in [1.29, 1.82) is 0 Å². The maximum atomic E-state index is 5.78. The van der Waals surface area contributed by atoms with Gasteiger partial charge in [-0.3, -0.25) is 0 Å². The highest BCUT2D eigenvalue weighted by Gasteiger charge is 2.15. The van der Waals surface area contributed by atoms with Gasteiger partial charge in [-0.1, -0.05) is 0 Å². The molecule has 1 aliphatic rings. The highest BCUT2D eigenvalue weighted by atomic mass is 16.5. The molecule has 2 N–H and O–H groups in total. The van der Waals surface area contributed by atoms with Crippen LogP contribution in [0.2, 0.25) is 0 Å². The lowest BCUT2D eigenvalue weighted by molar-refractivity contribution is 0.0502. The third kappa shape index (κ3) is 2.36. The van der Waals surface area contributed by atoms with E-state index in [-0.39, 0.29) is 6.10 Å². The summed E-state index contributed by atoms with van der Waals surface area (Å²) < 4.78 is 5.78. The van der Waals surface area contributed by atoms with Gasteiger partial charge in [-0.15, -0.1) is 0 Å². The summed E-state index contributed by atoms with van der Waals surface area (Å²) in [7, 11) is 0. The van der Waals surface area contributed by atoms with Gasteiger partial charge in [0.05, 0.1) is 12.7 Å². The molecule has 14 heavy (non-hydrogen) atoms. The molecule has 0 unspecified atom stereocenters. The Morgan fingerprint density at radius 2 is 2.57 bits per heavy atom. The molecule has 0 aliphatic carbocycles. The van der Waals surface area contributed by atoms with Gasteiger partial charge in [0.15, 0.2) is 0 Å². The van der Waals surface area contributed by atoms with Crippen molar-refractivity contribution in [3.63, 3.8) is 0 Å². The molecule has 78 valence electrons. The van der Waals surface area contributed by atoms with Crippen LogP contribution in [0.3, 0.4) is 0 Å². The molecule has 0 aromatic carbocycles. The quantitative estimate of drug-likeness (QED) is 0.767. The van der Waals surface area contributed by atoms with Crippen LogP contribution in [0, 0.1) is 0 Å². The zero-order valence-corrected chi connectivity index (χ0v) is 8.62. The van der Waals surface area contributed by atoms with Crippen LogP contribution in [-0.2, 0) is 4.74 Å². The molecule has 1 aliphatic heterocycles. The van der Waals surface area contributed by atoms with Crippen LogP contribution in [0.25, 0.3) is 0 Å². The number of rotatable bonds is 4. The highest BCUT2D eigenvalue weighted by molar-refractivity contribution is 5.06. The summed E-state index contributed by atoms with van der Waals surface area (Å²) in [6.07, 6.45) is 4.64. The second-order valence-corrected chi connectivity index (χ2v) is 3.89. The first kappa shape index (κ1) is 9.74. The fourth-order valence-corrected chi connectivity index (χ4v) is 1.85. The molecule has 0 amide bonds. The van der Waals surface area contributed by atoms with Gasteiger partial charge in [0.2, 0.25) is 0 Å². The lowest BCUT2D eigenvalue weighted by Crippen LogP contribution is -2.27. The van der Waals surface area contributed by atoms with Crippen molar-refractivity contribution in [2.75, 3.05) is 13.2 Å². The fourth-order valence-electron chi connectivity index (χ4n) is 1.85. The molecule has 3 heteroatoms. The molecule has 1 fully saturated rings. The van der Waals surface area contributed by atoms with E-state index in [1.165, 1.54) is 12.8 Å². The van der Waals surface area contributed by atoms with Gasteiger partial charge in [-0.05, 0) is 38.4 Å². The van der Waals surface area contributed by atoms with Gasteiger partial charge >= 0.3 is 0 Å². The monoisotopic (exact) mass is 194 g/mol. The summed E-state index contributed by atoms with van der Waals surface area (Å²) in [6, 6.07) is 4.63. The van der Waals surface area contributed by atoms with Crippen molar-refractivity contribution in [2.24, 2.45) is 0 Å². The van der Waals surface area contributed by atoms with Gasteiger partial charge in [-0.2, -0.15) is 0 Å². The van der Waals surface area contributed by atoms with E-state index in [1.54, 1.807) is 0 Å². The Morgan fingerprint density at radius 1 is 1.64 bits per heavy atom. The second kappa shape index (κ2) is 4.62. The first-order valence-corrected chi connectivity index (χ1v) is 5.34. The molecule has 2 heterocycles. The van der Waals surface area contributed by atoms with Crippen molar-refractivity contribution >= 4 is 0 Å². The van der Waals surface area contributed by atoms with Crippen LogP contribution in [0.4, 0.5) is 0 Å². The van der Waals surface area contributed by atoms with Gasteiger partial charge in [0, 0.05) is 17.9 Å². The summed E-state index contributed by atoms with van der Waals surface area (Å²) in [6.45, 7) is 4.05. The number of aromatic nitrogens is 1. The topological polar surface area (TPSA) is 37.0 Å². The highest BCUT2D eigenvalue weighted by Crippen LogP contribution is 2.15. The second-order valence-electron chi connectivity index (χ2n) is 3.89. The van der Waals surface area contributed by atoms with E-state index in [4.69, 9.17) is 4.74 Å². The van der Waals surface area contributed by atoms with Crippen molar-refractivity contribution in [3.8, 4) is 0 Å². The summed E-state index contributed by atoms with van der Waals surface area (Å²) in [5.41, 5.74) is 1.16. The van der Waals surface area contributed by atoms with Crippen molar-refractivity contribution in [3.05, 3.63) is 24.0 Å². The smallest absolute Gasteiger partial charge is 0.0945 e. The third-order valence-corrected chi connectivity index (χ3v) is 2.77. The Labute approximate surface area is 84.9 Å². The molecule has 1 aromatic heterocycles. The number of hydrogen-bond acceptors (Lipinski definition) is 2. The molecule has 0 radical (unpaired) electrons. The van der Waals surface area contributed by atoms with E-state index in [0.717, 1.165) is 18.8 Å². The van der Waals surface area contributed by atoms with E-state index < -0.39 is 0 Å². The van der Waals surface area contributed by atoms with Gasteiger partial charge in [-0.25, -0.2) is 0 Å². The number of H-pyrrole nitrogens is 1. The van der Waals surface area contributed by atoms with Crippen LogP contribution >= 0.6 is 0 Å². The third-order valence-electron chi connectivity index (χ3n) is 2.77. The molecule has 1 aromatic rings. The minimum Gasteiger partial charge on any atom is -0.371 e. The minimum atomic E-state index is 0.174. The van der Waals surface area contributed by atoms with Crippen LogP contribution < -0.4 is 5.32 Å².